The number of benzene rings is 2. The molecule has 0 aliphatic rings. The molecule has 0 spiro atoms. The van der Waals surface area contributed by atoms with Gasteiger partial charge in [-0.25, -0.2) is 18.9 Å². The second-order valence-electron chi connectivity index (χ2n) is 7.89. The molecule has 0 saturated heterocycles. The summed E-state index contributed by atoms with van der Waals surface area (Å²) in [5, 5.41) is 17.9. The summed E-state index contributed by atoms with van der Waals surface area (Å²) in [7, 11) is 0. The molecule has 11 heteroatoms. The summed E-state index contributed by atoms with van der Waals surface area (Å²) in [5.74, 6) is -2.52. The van der Waals surface area contributed by atoms with Crippen molar-refractivity contribution in [2.24, 2.45) is 0 Å². The van der Waals surface area contributed by atoms with Crippen LogP contribution in [0.2, 0.25) is 0 Å². The van der Waals surface area contributed by atoms with E-state index in [1.165, 1.54) is 6.20 Å². The fraction of sp³-hybridized carbons (Fsp3) is 0.167. The molecule has 178 valence electrons. The molecule has 4 aromatic rings. The first-order valence-corrected chi connectivity index (χ1v) is 10.6. The molecule has 2 aromatic carbocycles. The number of rotatable bonds is 7. The molecular weight excluding hydrogens is 457 g/mol. The number of hydrogen-bond acceptors (Lipinski definition) is 7. The van der Waals surface area contributed by atoms with Crippen LogP contribution in [0.15, 0.2) is 60.8 Å². The maximum absolute atomic E-state index is 13.9. The lowest BCUT2D eigenvalue weighted by atomic mass is 10.1. The number of carbonyl (C=O) groups excluding carboxylic acids is 2. The van der Waals surface area contributed by atoms with Crippen LogP contribution < -0.4 is 5.32 Å². The first kappa shape index (κ1) is 23.5. The van der Waals surface area contributed by atoms with E-state index in [1.54, 1.807) is 10.7 Å². The molecular formula is C24H20FN5O5. The third-order valence-electron chi connectivity index (χ3n) is 5.11. The average Bonchev–Trinajstić information content (AvgIpc) is 3.28. The maximum Gasteiger partial charge on any atom is 0.339 e. The van der Waals surface area contributed by atoms with Gasteiger partial charge in [-0.15, -0.1) is 0 Å². The Bertz CT molecular complexity index is 1440. The number of anilines is 1. The van der Waals surface area contributed by atoms with Gasteiger partial charge in [-0.2, -0.15) is 5.10 Å². The Morgan fingerprint density at radius 2 is 1.91 bits per heavy atom. The molecule has 0 aliphatic carbocycles. The van der Waals surface area contributed by atoms with Gasteiger partial charge in [0, 0.05) is 23.7 Å². The van der Waals surface area contributed by atoms with Crippen LogP contribution in [0.5, 0.6) is 0 Å². The van der Waals surface area contributed by atoms with E-state index in [9.17, 15) is 24.1 Å². The number of nitro benzene ring substituents is 1. The highest BCUT2D eigenvalue weighted by molar-refractivity contribution is 6.04. The monoisotopic (exact) mass is 477 g/mol. The normalized spacial score (nSPS) is 11.0. The molecule has 0 bridgehead atoms. The van der Waals surface area contributed by atoms with E-state index in [1.807, 2.05) is 44.2 Å². The maximum atomic E-state index is 13.9. The lowest BCUT2D eigenvalue weighted by Gasteiger charge is -2.11. The molecule has 4 rings (SSSR count). The summed E-state index contributed by atoms with van der Waals surface area (Å²) in [6, 6.07) is 13.5. The number of ether oxygens (including phenoxy) is 1. The number of amides is 1. The highest BCUT2D eigenvalue weighted by atomic mass is 19.1. The Balaban J connectivity index is 1.58. The van der Waals surface area contributed by atoms with Gasteiger partial charge in [0.15, 0.2) is 12.3 Å². The Labute approximate surface area is 198 Å². The van der Waals surface area contributed by atoms with E-state index in [0.717, 1.165) is 23.8 Å². The van der Waals surface area contributed by atoms with Crippen molar-refractivity contribution in [1.29, 1.82) is 0 Å². The van der Waals surface area contributed by atoms with Crippen LogP contribution in [0.1, 0.15) is 30.2 Å². The van der Waals surface area contributed by atoms with Gasteiger partial charge >= 0.3 is 5.97 Å². The van der Waals surface area contributed by atoms with Gasteiger partial charge < -0.3 is 10.1 Å². The topological polar surface area (TPSA) is 129 Å². The van der Waals surface area contributed by atoms with E-state index in [0.29, 0.717) is 16.7 Å². The number of fused-ring (bicyclic) bond motifs is 1. The largest absolute Gasteiger partial charge is 0.452 e. The van der Waals surface area contributed by atoms with Crippen LogP contribution >= 0.6 is 0 Å². The molecule has 0 saturated carbocycles. The van der Waals surface area contributed by atoms with Crippen molar-refractivity contribution in [3.63, 3.8) is 0 Å². The molecule has 1 N–H and O–H groups in total. The van der Waals surface area contributed by atoms with Crippen molar-refractivity contribution in [3.8, 4) is 11.3 Å². The van der Waals surface area contributed by atoms with E-state index >= 15 is 0 Å². The fourth-order valence-electron chi connectivity index (χ4n) is 3.44. The Morgan fingerprint density at radius 1 is 1.17 bits per heavy atom. The second-order valence-corrected chi connectivity index (χ2v) is 7.89. The minimum atomic E-state index is -0.861. The third kappa shape index (κ3) is 4.98. The van der Waals surface area contributed by atoms with E-state index in [-0.39, 0.29) is 11.6 Å². The molecule has 0 fully saturated rings. The minimum absolute atomic E-state index is 0.0227. The summed E-state index contributed by atoms with van der Waals surface area (Å²) < 4.78 is 20.8. The summed E-state index contributed by atoms with van der Waals surface area (Å²) in [6.45, 7) is 3.13. The number of nitrogens with one attached hydrogen (secondary N) is 1. The number of non-ortho nitro benzene ring substituents is 1. The molecule has 2 heterocycles. The molecule has 10 nitrogen and oxygen atoms in total. The van der Waals surface area contributed by atoms with Crippen LogP contribution in [0.25, 0.3) is 22.3 Å². The number of carbonyl (C=O) groups is 2. The molecule has 0 unspecified atom stereocenters. The zero-order valence-electron chi connectivity index (χ0n) is 18.8. The van der Waals surface area contributed by atoms with Gasteiger partial charge in [-0.05, 0) is 26.0 Å². The van der Waals surface area contributed by atoms with Gasteiger partial charge in [0.1, 0.15) is 5.82 Å². The Hall–Kier alpha value is -4.67. The lowest BCUT2D eigenvalue weighted by Crippen LogP contribution is -2.21. The smallest absolute Gasteiger partial charge is 0.339 e. The van der Waals surface area contributed by atoms with Gasteiger partial charge in [-0.1, -0.05) is 30.3 Å². The number of esters is 1. The predicted octanol–water partition coefficient (Wildman–Crippen LogP) is 4.52. The summed E-state index contributed by atoms with van der Waals surface area (Å²) in [4.78, 5) is 40.1. The zero-order valence-corrected chi connectivity index (χ0v) is 18.8. The zero-order chi connectivity index (χ0) is 25.1. The minimum Gasteiger partial charge on any atom is -0.452 e. The number of nitrogens with zero attached hydrogens (tertiary/aromatic N) is 4. The number of nitro groups is 1. The number of pyridine rings is 1. The Morgan fingerprint density at radius 3 is 2.60 bits per heavy atom. The summed E-state index contributed by atoms with van der Waals surface area (Å²) in [5.41, 5.74) is 1.16. The van der Waals surface area contributed by atoms with Gasteiger partial charge in [0.05, 0.1) is 33.5 Å². The average molecular weight is 477 g/mol. The van der Waals surface area contributed by atoms with Crippen LogP contribution in [-0.4, -0.2) is 38.2 Å². The lowest BCUT2D eigenvalue weighted by molar-refractivity contribution is -0.384. The summed E-state index contributed by atoms with van der Waals surface area (Å²) in [6.07, 6.45) is 1.51. The molecule has 0 radical (unpaired) electrons. The highest BCUT2D eigenvalue weighted by Crippen LogP contribution is 2.27. The Kier molecular flexibility index (Phi) is 6.49. The highest BCUT2D eigenvalue weighted by Gasteiger charge is 2.21. The number of halogens is 1. The van der Waals surface area contributed by atoms with E-state index in [4.69, 9.17) is 4.74 Å². The third-order valence-corrected chi connectivity index (χ3v) is 5.11. The van der Waals surface area contributed by atoms with Crippen molar-refractivity contribution in [3.05, 3.63) is 82.3 Å². The number of hydrogen-bond donors (Lipinski definition) is 1. The number of aromatic nitrogens is 3. The second kappa shape index (κ2) is 9.67. The first-order chi connectivity index (χ1) is 16.7. The SMILES string of the molecule is CC(C)n1ncc2c(C(=O)OCC(=O)Nc3cc([N+](=O)[O-])ccc3F)cc(-c3ccccc3)nc21. The molecule has 0 aliphatic heterocycles. The van der Waals surface area contributed by atoms with E-state index in [2.05, 4.69) is 15.4 Å². The van der Waals surface area contributed by atoms with Crippen molar-refractivity contribution >= 4 is 34.3 Å². The molecule has 0 atom stereocenters. The van der Waals surface area contributed by atoms with Gasteiger partial charge in [0.2, 0.25) is 0 Å². The summed E-state index contributed by atoms with van der Waals surface area (Å²) >= 11 is 0. The quantitative estimate of drug-likeness (QED) is 0.235. The van der Waals surface area contributed by atoms with Gasteiger partial charge in [0.25, 0.3) is 11.6 Å². The standard InChI is InChI=1S/C24H20FN5O5/c1-14(2)29-23-18(12-26-29)17(11-20(28-23)15-6-4-3-5-7-15)24(32)35-13-22(31)27-21-10-16(30(33)34)8-9-19(21)25/h3-12,14H,13H2,1-2H3,(H,27,31). The molecule has 35 heavy (non-hydrogen) atoms. The van der Waals surface area contributed by atoms with Crippen LogP contribution in [0.4, 0.5) is 15.8 Å². The van der Waals surface area contributed by atoms with Crippen molar-refractivity contribution in [2.75, 3.05) is 11.9 Å². The van der Waals surface area contributed by atoms with Crippen molar-refractivity contribution in [1.82, 2.24) is 14.8 Å². The van der Waals surface area contributed by atoms with Crippen molar-refractivity contribution < 1.29 is 23.6 Å². The van der Waals surface area contributed by atoms with Gasteiger partial charge in [-0.3, -0.25) is 14.9 Å². The van der Waals surface area contributed by atoms with Crippen LogP contribution in [0, 0.1) is 15.9 Å². The molecule has 2 aromatic heterocycles. The molecule has 1 amide bonds. The first-order valence-electron chi connectivity index (χ1n) is 10.6. The fourth-order valence-corrected chi connectivity index (χ4v) is 3.44. The van der Waals surface area contributed by atoms with Crippen LogP contribution in [0.3, 0.4) is 0 Å². The van der Waals surface area contributed by atoms with E-state index < -0.39 is 40.6 Å². The predicted molar refractivity (Wildman–Crippen MR) is 125 cm³/mol. The van der Waals surface area contributed by atoms with Crippen LogP contribution in [-0.2, 0) is 9.53 Å². The van der Waals surface area contributed by atoms with Crippen molar-refractivity contribution in [2.45, 2.75) is 19.9 Å².